The van der Waals surface area contributed by atoms with E-state index in [4.69, 9.17) is 0 Å². The Bertz CT molecular complexity index is 376. The molecule has 2 atom stereocenters. The molecule has 2 rings (SSSR count). The Morgan fingerprint density at radius 3 is 2.21 bits per heavy atom. The molecular weight excluding hydrogens is 262 g/mol. The Morgan fingerprint density at radius 1 is 1.00 bits per heavy atom. The maximum absolute atomic E-state index is 12.5. The third-order valence-electron chi connectivity index (χ3n) is 4.77. The molecule has 4 nitrogen and oxygen atoms in total. The van der Waals surface area contributed by atoms with Crippen molar-refractivity contribution in [1.82, 2.24) is 4.31 Å². The lowest BCUT2D eigenvalue weighted by Crippen LogP contribution is -2.47. The van der Waals surface area contributed by atoms with Gasteiger partial charge < -0.3 is 5.11 Å². The summed E-state index contributed by atoms with van der Waals surface area (Å²) in [5.74, 6) is 0.592. The molecule has 0 aromatic heterocycles. The van der Waals surface area contributed by atoms with Crippen LogP contribution in [0.1, 0.15) is 57.8 Å². The van der Waals surface area contributed by atoms with Crippen LogP contribution in [0.4, 0.5) is 0 Å². The number of nitrogens with zero attached hydrogens (tertiary/aromatic N) is 1. The number of aliphatic hydroxyl groups is 1. The first-order valence-corrected chi connectivity index (χ1v) is 9.25. The maximum atomic E-state index is 12.5. The van der Waals surface area contributed by atoms with E-state index in [2.05, 4.69) is 0 Å². The van der Waals surface area contributed by atoms with Gasteiger partial charge in [-0.25, -0.2) is 8.42 Å². The van der Waals surface area contributed by atoms with Crippen LogP contribution in [0.3, 0.4) is 0 Å². The van der Waals surface area contributed by atoms with E-state index in [1.54, 1.807) is 7.05 Å². The molecule has 0 bridgehead atoms. The zero-order chi connectivity index (χ0) is 13.9. The third-order valence-corrected chi connectivity index (χ3v) is 6.81. The molecule has 0 aromatic rings. The monoisotopic (exact) mass is 289 g/mol. The van der Waals surface area contributed by atoms with Gasteiger partial charge in [-0.1, -0.05) is 32.1 Å². The largest absolute Gasteiger partial charge is 0.391 e. The molecule has 112 valence electrons. The van der Waals surface area contributed by atoms with Gasteiger partial charge in [0, 0.05) is 7.05 Å². The van der Waals surface area contributed by atoms with Gasteiger partial charge in [0.1, 0.15) is 0 Å². The Balaban J connectivity index is 1.97. The topological polar surface area (TPSA) is 57.6 Å². The van der Waals surface area contributed by atoms with Gasteiger partial charge in [-0.15, -0.1) is 0 Å². The Hall–Kier alpha value is -0.130. The van der Waals surface area contributed by atoms with Crippen LogP contribution >= 0.6 is 0 Å². The second-order valence-electron chi connectivity index (χ2n) is 6.22. The molecule has 0 heterocycles. The van der Waals surface area contributed by atoms with E-state index in [1.165, 1.54) is 10.7 Å². The van der Waals surface area contributed by atoms with Gasteiger partial charge in [0.15, 0.2) is 0 Å². The molecule has 2 fully saturated rings. The van der Waals surface area contributed by atoms with Crippen molar-refractivity contribution in [2.75, 3.05) is 12.8 Å². The van der Waals surface area contributed by atoms with Crippen LogP contribution in [-0.4, -0.2) is 42.8 Å². The molecule has 0 amide bonds. The van der Waals surface area contributed by atoms with Gasteiger partial charge in [-0.2, -0.15) is 4.31 Å². The number of likely N-dealkylation sites (N-methyl/N-ethyl adjacent to an activating group) is 1. The summed E-state index contributed by atoms with van der Waals surface area (Å²) >= 11 is 0. The molecule has 0 saturated heterocycles. The molecule has 5 heteroatoms. The Kier molecular flexibility index (Phi) is 5.26. The van der Waals surface area contributed by atoms with Crippen LogP contribution in [0, 0.1) is 5.92 Å². The Labute approximate surface area is 117 Å². The molecule has 0 aromatic carbocycles. The van der Waals surface area contributed by atoms with Crippen LogP contribution in [0.25, 0.3) is 0 Å². The summed E-state index contributed by atoms with van der Waals surface area (Å²) in [6.07, 6.45) is 8.72. The van der Waals surface area contributed by atoms with Gasteiger partial charge >= 0.3 is 0 Å². The summed E-state index contributed by atoms with van der Waals surface area (Å²) in [6, 6.07) is -0.206. The molecule has 2 saturated carbocycles. The van der Waals surface area contributed by atoms with E-state index in [-0.39, 0.29) is 11.8 Å². The number of hydrogen-bond donors (Lipinski definition) is 1. The van der Waals surface area contributed by atoms with E-state index in [1.807, 2.05) is 0 Å². The van der Waals surface area contributed by atoms with Gasteiger partial charge in [-0.3, -0.25) is 0 Å². The van der Waals surface area contributed by atoms with Crippen molar-refractivity contribution >= 4 is 10.0 Å². The lowest BCUT2D eigenvalue weighted by Gasteiger charge is -2.35. The Morgan fingerprint density at radius 2 is 1.58 bits per heavy atom. The quantitative estimate of drug-likeness (QED) is 0.862. The summed E-state index contributed by atoms with van der Waals surface area (Å²) < 4.78 is 26.4. The molecule has 19 heavy (non-hydrogen) atoms. The van der Waals surface area contributed by atoms with Crippen molar-refractivity contribution in [3.8, 4) is 0 Å². The molecule has 2 aliphatic rings. The van der Waals surface area contributed by atoms with Crippen molar-refractivity contribution in [1.29, 1.82) is 0 Å². The highest BCUT2D eigenvalue weighted by Crippen LogP contribution is 2.28. The predicted molar refractivity (Wildman–Crippen MR) is 76.4 cm³/mol. The van der Waals surface area contributed by atoms with Crippen molar-refractivity contribution < 1.29 is 13.5 Å². The molecular formula is C14H27NO3S. The zero-order valence-electron chi connectivity index (χ0n) is 11.9. The first-order chi connectivity index (χ1) is 9.00. The summed E-state index contributed by atoms with van der Waals surface area (Å²) in [5, 5.41) is 10.0. The summed E-state index contributed by atoms with van der Waals surface area (Å²) in [6.45, 7) is 0. The predicted octanol–water partition coefficient (Wildman–Crippen LogP) is 2.13. The molecule has 2 unspecified atom stereocenters. The molecule has 0 radical (unpaired) electrons. The second-order valence-corrected chi connectivity index (χ2v) is 8.29. The minimum atomic E-state index is -3.22. The standard InChI is InChI=1S/C14H27NO3S/c1-15(13-9-5-6-10-14(13)16)19(17,18)11-12-7-3-2-4-8-12/h12-14,16H,2-11H2,1H3. The lowest BCUT2D eigenvalue weighted by molar-refractivity contribution is 0.0636. The van der Waals surface area contributed by atoms with E-state index in [0.29, 0.717) is 5.92 Å². The smallest absolute Gasteiger partial charge is 0.214 e. The first kappa shape index (κ1) is 15.3. The number of aliphatic hydroxyl groups excluding tert-OH is 1. The summed E-state index contributed by atoms with van der Waals surface area (Å²) in [5.41, 5.74) is 0. The highest BCUT2D eigenvalue weighted by Gasteiger charge is 2.34. The maximum Gasteiger partial charge on any atom is 0.214 e. The average Bonchev–Trinajstić information content (AvgIpc) is 2.39. The third kappa shape index (κ3) is 3.92. The lowest BCUT2D eigenvalue weighted by atomic mass is 9.91. The van der Waals surface area contributed by atoms with Gasteiger partial charge in [0.05, 0.1) is 17.9 Å². The fourth-order valence-corrected chi connectivity index (χ4v) is 5.31. The minimum absolute atomic E-state index is 0.206. The SMILES string of the molecule is CN(C1CCCCC1O)S(=O)(=O)CC1CCCCC1. The van der Waals surface area contributed by atoms with Crippen molar-refractivity contribution in [2.45, 2.75) is 69.9 Å². The van der Waals surface area contributed by atoms with Gasteiger partial charge in [0.25, 0.3) is 0 Å². The van der Waals surface area contributed by atoms with E-state index >= 15 is 0 Å². The number of rotatable bonds is 4. The second kappa shape index (κ2) is 6.55. The minimum Gasteiger partial charge on any atom is -0.391 e. The number of hydrogen-bond acceptors (Lipinski definition) is 3. The highest BCUT2D eigenvalue weighted by atomic mass is 32.2. The van der Waals surface area contributed by atoms with E-state index < -0.39 is 16.1 Å². The fourth-order valence-electron chi connectivity index (χ4n) is 3.49. The molecule has 2 aliphatic carbocycles. The average molecular weight is 289 g/mol. The molecule has 0 aliphatic heterocycles. The normalized spacial score (nSPS) is 30.7. The van der Waals surface area contributed by atoms with Crippen molar-refractivity contribution in [3.05, 3.63) is 0 Å². The zero-order valence-corrected chi connectivity index (χ0v) is 12.7. The van der Waals surface area contributed by atoms with Crippen molar-refractivity contribution in [3.63, 3.8) is 0 Å². The first-order valence-electron chi connectivity index (χ1n) is 7.64. The van der Waals surface area contributed by atoms with Crippen LogP contribution in [0.5, 0.6) is 0 Å². The highest BCUT2D eigenvalue weighted by molar-refractivity contribution is 7.89. The summed E-state index contributed by atoms with van der Waals surface area (Å²) in [7, 11) is -1.57. The summed E-state index contributed by atoms with van der Waals surface area (Å²) in [4.78, 5) is 0. The van der Waals surface area contributed by atoms with Crippen LogP contribution in [0.2, 0.25) is 0 Å². The van der Waals surface area contributed by atoms with E-state index in [0.717, 1.165) is 51.4 Å². The fraction of sp³-hybridized carbons (Fsp3) is 1.00. The number of sulfonamides is 1. The van der Waals surface area contributed by atoms with Gasteiger partial charge in [-0.05, 0) is 31.6 Å². The van der Waals surface area contributed by atoms with Gasteiger partial charge in [0.2, 0.25) is 10.0 Å². The molecule has 1 N–H and O–H groups in total. The molecule has 0 spiro atoms. The van der Waals surface area contributed by atoms with Crippen LogP contribution < -0.4 is 0 Å². The van der Waals surface area contributed by atoms with E-state index in [9.17, 15) is 13.5 Å². The van der Waals surface area contributed by atoms with Crippen LogP contribution in [0.15, 0.2) is 0 Å². The van der Waals surface area contributed by atoms with Crippen LogP contribution in [-0.2, 0) is 10.0 Å². The van der Waals surface area contributed by atoms with Crippen molar-refractivity contribution in [2.24, 2.45) is 5.92 Å².